The molecule has 0 unspecified atom stereocenters. The van der Waals surface area contributed by atoms with Crippen LogP contribution in [0.2, 0.25) is 0 Å². The Morgan fingerprint density at radius 1 is 0.750 bits per heavy atom. The van der Waals surface area contributed by atoms with E-state index in [4.69, 9.17) is 23.8 Å². The number of hydroxylamine groups is 2. The zero-order chi connectivity index (χ0) is 34.7. The number of hydrogen-bond acceptors (Lipinski definition) is 16. The van der Waals surface area contributed by atoms with Gasteiger partial charge in [0.05, 0.1) is 25.9 Å². The highest BCUT2D eigenvalue weighted by Crippen LogP contribution is 2.23. The number of carbonyl (C=O) groups is 4. The normalized spacial score (nSPS) is 32.2. The summed E-state index contributed by atoms with van der Waals surface area (Å²) in [6, 6.07) is 0. The summed E-state index contributed by atoms with van der Waals surface area (Å²) >= 11 is 0. The largest absolute Gasteiger partial charge is 0.394 e. The molecule has 18 heteroatoms. The van der Waals surface area contributed by atoms with E-state index in [0.717, 1.165) is 0 Å². The maximum Gasteiger partial charge on any atom is 0.333 e. The molecule has 7 N–H and O–H groups in total. The van der Waals surface area contributed by atoms with Crippen molar-refractivity contribution in [1.29, 1.82) is 0 Å². The summed E-state index contributed by atoms with van der Waals surface area (Å²) in [5, 5.41) is 70.0. The van der Waals surface area contributed by atoms with Crippen molar-refractivity contribution in [3.05, 3.63) is 0 Å². The van der Waals surface area contributed by atoms with Crippen molar-refractivity contribution in [1.82, 2.24) is 9.96 Å². The molecule has 3 fully saturated rings. The third kappa shape index (κ3) is 11.6. The number of imide groups is 1. The Bertz CT molecular complexity index is 1020. The number of ether oxygens (including phenoxy) is 4. The molecule has 0 aromatic heterocycles. The molecule has 10 atom stereocenters. The molecule has 48 heavy (non-hydrogen) atoms. The van der Waals surface area contributed by atoms with Crippen LogP contribution in [-0.4, -0.2) is 164 Å². The number of unbranched alkanes of at least 4 members (excludes halogenated alkanes) is 3. The summed E-state index contributed by atoms with van der Waals surface area (Å²) < 4.78 is 21.9. The van der Waals surface area contributed by atoms with Crippen LogP contribution in [0.15, 0.2) is 0 Å². The number of carbonyl (C=O) groups excluding carboxylic acids is 4. The van der Waals surface area contributed by atoms with Crippen molar-refractivity contribution in [2.45, 2.75) is 134 Å². The Labute approximate surface area is 279 Å². The number of aliphatic hydroxyl groups is 7. The average molecular weight is 697 g/mol. The molecule has 3 rings (SSSR count). The van der Waals surface area contributed by atoms with Crippen LogP contribution in [0.4, 0.5) is 0 Å². The number of hydrogen-bond donors (Lipinski definition) is 7. The molecule has 18 nitrogen and oxygen atoms in total. The molecule has 0 aromatic carbocycles. The zero-order valence-electron chi connectivity index (χ0n) is 26.4. The second kappa shape index (κ2) is 20.3. The van der Waals surface area contributed by atoms with Gasteiger partial charge in [0.25, 0.3) is 11.8 Å². The van der Waals surface area contributed by atoms with Crippen LogP contribution in [0.1, 0.15) is 72.1 Å². The third-order valence-electron chi connectivity index (χ3n) is 8.23. The van der Waals surface area contributed by atoms with Gasteiger partial charge in [-0.2, -0.15) is 0 Å². The van der Waals surface area contributed by atoms with Crippen molar-refractivity contribution >= 4 is 23.7 Å². The van der Waals surface area contributed by atoms with E-state index in [1.54, 1.807) is 0 Å². The van der Waals surface area contributed by atoms with Gasteiger partial charge in [-0.3, -0.25) is 14.4 Å². The van der Waals surface area contributed by atoms with E-state index in [2.05, 4.69) is 0 Å². The highest BCUT2D eigenvalue weighted by Gasteiger charge is 2.44. The fraction of sp³-hybridized carbons (Fsp3) is 0.867. The number of aliphatic hydroxyl groups excluding tert-OH is 7. The summed E-state index contributed by atoms with van der Waals surface area (Å²) in [4.78, 5) is 54.5. The van der Waals surface area contributed by atoms with Crippen LogP contribution in [0.5, 0.6) is 0 Å². The first kappa shape index (κ1) is 41.8. The number of amides is 3. The zero-order valence-corrected chi connectivity index (χ0v) is 26.4. The molecule has 3 aliphatic heterocycles. The first-order chi connectivity index (χ1) is 22.3. The highest BCUT2D eigenvalue weighted by atomic mass is 16.7. The molecule has 3 saturated heterocycles. The van der Waals surface area contributed by atoms with Crippen molar-refractivity contribution in [3.63, 3.8) is 0 Å². The smallest absolute Gasteiger partial charge is 0.333 e. The Morgan fingerprint density at radius 2 is 1.31 bits per heavy atom. The van der Waals surface area contributed by atoms with Crippen LogP contribution < -0.4 is 0 Å². The van der Waals surface area contributed by atoms with E-state index in [-0.39, 0.29) is 71.7 Å². The Hall–Kier alpha value is -2.36. The van der Waals surface area contributed by atoms with Crippen molar-refractivity contribution < 1.29 is 78.7 Å². The minimum atomic E-state index is -1.59. The SMILES string of the molecule is C.C[C@@H]1O[C@@H](OCCN(CCCO[C@H]2O[C@H](CO)[C@@H](O)[C@H](O)[C@@H]2O)C(=O)CCCCCCC(=O)ON2C(=O)CCC2=O)[C@@H](O)[C@H](O)[C@@H]1O. The molecule has 3 amide bonds. The van der Waals surface area contributed by atoms with Crippen molar-refractivity contribution in [2.75, 3.05) is 32.9 Å². The molecule has 0 aliphatic carbocycles. The lowest BCUT2D eigenvalue weighted by Gasteiger charge is -2.39. The van der Waals surface area contributed by atoms with Gasteiger partial charge in [0, 0.05) is 38.8 Å². The predicted octanol–water partition coefficient (Wildman–Crippen LogP) is -2.55. The summed E-state index contributed by atoms with van der Waals surface area (Å²) in [5.41, 5.74) is 0. The van der Waals surface area contributed by atoms with E-state index >= 15 is 0 Å². The summed E-state index contributed by atoms with van der Waals surface area (Å²) in [6.07, 6.45) is -10.9. The number of nitrogens with zero attached hydrogens (tertiary/aromatic N) is 2. The van der Waals surface area contributed by atoms with Crippen LogP contribution in [0.25, 0.3) is 0 Å². The maximum absolute atomic E-state index is 13.1. The van der Waals surface area contributed by atoms with Gasteiger partial charge in [-0.25, -0.2) is 4.79 Å². The standard InChI is InChI=1S/C29H48N2O16.CH4/c1-16-22(37)24(39)26(41)28(45-16)44-14-12-30(11-6-13-43-29-27(42)25(40)23(38)17(15-32)46-29)18(33)7-4-2-3-5-8-21(36)47-31-19(34)9-10-20(31)35;/h16-17,22-29,32,37-42H,2-15H2,1H3;1H4/t16-,17+,22+,23+,24+,25-,26-,27-,28+,29-;/m0./s1. The first-order valence-corrected chi connectivity index (χ1v) is 15.9. The quantitative estimate of drug-likeness (QED) is 0.0575. The lowest BCUT2D eigenvalue weighted by Crippen LogP contribution is -2.59. The van der Waals surface area contributed by atoms with E-state index in [1.807, 2.05) is 0 Å². The Kier molecular flexibility index (Phi) is 17.7. The van der Waals surface area contributed by atoms with Crippen molar-refractivity contribution in [3.8, 4) is 0 Å². The minimum Gasteiger partial charge on any atom is -0.394 e. The molecule has 3 heterocycles. The molecule has 3 aliphatic rings. The number of rotatable bonds is 18. The fourth-order valence-corrected chi connectivity index (χ4v) is 5.31. The van der Waals surface area contributed by atoms with Gasteiger partial charge < -0.3 is 64.4 Å². The Morgan fingerprint density at radius 3 is 1.94 bits per heavy atom. The summed E-state index contributed by atoms with van der Waals surface area (Å²) in [6.45, 7) is 1.04. The summed E-state index contributed by atoms with van der Waals surface area (Å²) in [5.74, 6) is -2.03. The minimum absolute atomic E-state index is 0. The fourth-order valence-electron chi connectivity index (χ4n) is 5.31. The second-order valence-electron chi connectivity index (χ2n) is 11.8. The van der Waals surface area contributed by atoms with E-state index in [9.17, 15) is 54.9 Å². The van der Waals surface area contributed by atoms with Gasteiger partial charge in [0.1, 0.15) is 42.7 Å². The van der Waals surface area contributed by atoms with E-state index in [1.165, 1.54) is 11.8 Å². The van der Waals surface area contributed by atoms with Gasteiger partial charge in [-0.15, -0.1) is 5.06 Å². The molecule has 0 aromatic rings. The highest BCUT2D eigenvalue weighted by molar-refractivity contribution is 6.01. The lowest BCUT2D eigenvalue weighted by molar-refractivity contribution is -0.301. The molecule has 0 spiro atoms. The van der Waals surface area contributed by atoms with Crippen LogP contribution >= 0.6 is 0 Å². The van der Waals surface area contributed by atoms with E-state index < -0.39 is 85.8 Å². The molecule has 278 valence electrons. The van der Waals surface area contributed by atoms with Crippen LogP contribution in [0.3, 0.4) is 0 Å². The van der Waals surface area contributed by atoms with Gasteiger partial charge in [0.2, 0.25) is 5.91 Å². The average Bonchev–Trinajstić information content (AvgIpc) is 3.36. The van der Waals surface area contributed by atoms with Crippen LogP contribution in [0, 0.1) is 0 Å². The topological polar surface area (TPSA) is 263 Å². The molecule has 0 bridgehead atoms. The molecule has 0 saturated carbocycles. The first-order valence-electron chi connectivity index (χ1n) is 15.9. The third-order valence-corrected chi connectivity index (χ3v) is 8.23. The second-order valence-corrected chi connectivity index (χ2v) is 11.8. The predicted molar refractivity (Wildman–Crippen MR) is 161 cm³/mol. The molecular weight excluding hydrogens is 644 g/mol. The monoisotopic (exact) mass is 696 g/mol. The summed E-state index contributed by atoms with van der Waals surface area (Å²) in [7, 11) is 0. The van der Waals surface area contributed by atoms with Crippen molar-refractivity contribution in [2.24, 2.45) is 0 Å². The van der Waals surface area contributed by atoms with E-state index in [0.29, 0.717) is 30.7 Å². The van der Waals surface area contributed by atoms with Gasteiger partial charge >= 0.3 is 5.97 Å². The van der Waals surface area contributed by atoms with Gasteiger partial charge in [-0.1, -0.05) is 20.3 Å². The molecule has 0 radical (unpaired) electrons. The lowest BCUT2D eigenvalue weighted by atomic mass is 9.99. The Balaban J connectivity index is 0.00000800. The maximum atomic E-state index is 13.1. The van der Waals surface area contributed by atoms with Gasteiger partial charge in [0.15, 0.2) is 12.6 Å². The molecular formula is C30H52N2O16. The van der Waals surface area contributed by atoms with Gasteiger partial charge in [-0.05, 0) is 26.2 Å². The van der Waals surface area contributed by atoms with Crippen LogP contribution in [-0.2, 0) is 43.0 Å².